The van der Waals surface area contributed by atoms with E-state index in [1.807, 2.05) is 38.1 Å². The highest BCUT2D eigenvalue weighted by Crippen LogP contribution is 2.31. The number of rotatable bonds is 5. The van der Waals surface area contributed by atoms with Gasteiger partial charge in [-0.3, -0.25) is 0 Å². The van der Waals surface area contributed by atoms with E-state index in [0.717, 1.165) is 17.2 Å². The third-order valence-corrected chi connectivity index (χ3v) is 3.83. The van der Waals surface area contributed by atoms with E-state index < -0.39 is 5.97 Å². The van der Waals surface area contributed by atoms with Crippen LogP contribution in [-0.2, 0) is 6.42 Å². The average molecular weight is 326 g/mol. The van der Waals surface area contributed by atoms with Gasteiger partial charge in [0.1, 0.15) is 17.2 Å². The van der Waals surface area contributed by atoms with Crippen LogP contribution in [-0.4, -0.2) is 28.0 Å². The molecule has 0 bridgehead atoms. The fourth-order valence-electron chi connectivity index (χ4n) is 2.68. The summed E-state index contributed by atoms with van der Waals surface area (Å²) in [5, 5.41) is 13.8. The van der Waals surface area contributed by atoms with Crippen molar-refractivity contribution in [3.05, 3.63) is 53.4 Å². The number of benzene rings is 1. The summed E-state index contributed by atoms with van der Waals surface area (Å²) in [5.74, 6) is 1.02. The molecule has 6 nitrogen and oxygen atoms in total. The maximum absolute atomic E-state index is 11.6. The van der Waals surface area contributed by atoms with Crippen LogP contribution < -0.4 is 4.74 Å². The van der Waals surface area contributed by atoms with Gasteiger partial charge in [-0.1, -0.05) is 6.92 Å². The second-order valence-electron chi connectivity index (χ2n) is 5.35. The average Bonchev–Trinajstić information content (AvgIpc) is 3.18. The van der Waals surface area contributed by atoms with Crippen molar-refractivity contribution >= 4 is 5.97 Å². The Kier molecular flexibility index (Phi) is 4.12. The van der Waals surface area contributed by atoms with E-state index in [0.29, 0.717) is 23.4 Å². The molecule has 1 N–H and O–H groups in total. The molecule has 0 aliphatic rings. The molecule has 0 aliphatic heterocycles. The van der Waals surface area contributed by atoms with Gasteiger partial charge in [-0.05, 0) is 49.7 Å². The van der Waals surface area contributed by atoms with Gasteiger partial charge in [0.25, 0.3) is 0 Å². The SMILES string of the molecule is CCc1c(C(=O)O)nn(-c2ccc(OC)cc2)c1-c1ccc(C)o1. The van der Waals surface area contributed by atoms with Gasteiger partial charge in [0, 0.05) is 5.56 Å². The molecule has 3 rings (SSSR count). The zero-order valence-electron chi connectivity index (χ0n) is 13.7. The lowest BCUT2D eigenvalue weighted by atomic mass is 10.1. The number of carboxylic acid groups (broad SMARTS) is 1. The summed E-state index contributed by atoms with van der Waals surface area (Å²) in [5.41, 5.74) is 2.08. The first-order chi connectivity index (χ1) is 11.5. The van der Waals surface area contributed by atoms with Gasteiger partial charge in [0.15, 0.2) is 11.5 Å². The van der Waals surface area contributed by atoms with Crippen molar-refractivity contribution in [1.82, 2.24) is 9.78 Å². The molecule has 0 saturated carbocycles. The third-order valence-electron chi connectivity index (χ3n) is 3.83. The number of nitrogens with zero attached hydrogens (tertiary/aromatic N) is 2. The topological polar surface area (TPSA) is 77.5 Å². The first-order valence-corrected chi connectivity index (χ1v) is 7.61. The number of hydrogen-bond acceptors (Lipinski definition) is 4. The van der Waals surface area contributed by atoms with Crippen molar-refractivity contribution in [2.24, 2.45) is 0 Å². The predicted octanol–water partition coefficient (Wildman–Crippen LogP) is 3.71. The smallest absolute Gasteiger partial charge is 0.356 e. The summed E-state index contributed by atoms with van der Waals surface area (Å²) in [7, 11) is 1.59. The van der Waals surface area contributed by atoms with Gasteiger partial charge in [-0.2, -0.15) is 5.10 Å². The Morgan fingerprint density at radius 2 is 1.96 bits per heavy atom. The van der Waals surface area contributed by atoms with Crippen molar-refractivity contribution in [1.29, 1.82) is 0 Å². The van der Waals surface area contributed by atoms with E-state index in [9.17, 15) is 9.90 Å². The largest absolute Gasteiger partial charge is 0.497 e. The molecule has 2 heterocycles. The summed E-state index contributed by atoms with van der Waals surface area (Å²) < 4.78 is 12.5. The molecule has 1 aromatic carbocycles. The van der Waals surface area contributed by atoms with Crippen molar-refractivity contribution in [2.75, 3.05) is 7.11 Å². The van der Waals surface area contributed by atoms with E-state index >= 15 is 0 Å². The second-order valence-corrected chi connectivity index (χ2v) is 5.35. The zero-order chi connectivity index (χ0) is 17.3. The molecule has 2 aromatic heterocycles. The second kappa shape index (κ2) is 6.23. The van der Waals surface area contributed by atoms with Crippen LogP contribution in [0.1, 0.15) is 28.7 Å². The number of carboxylic acids is 1. The summed E-state index contributed by atoms with van der Waals surface area (Å²) in [4.78, 5) is 11.6. The van der Waals surface area contributed by atoms with Crippen LogP contribution in [0.15, 0.2) is 40.8 Å². The highest BCUT2D eigenvalue weighted by molar-refractivity contribution is 5.89. The number of aryl methyl sites for hydroxylation is 1. The molecule has 0 unspecified atom stereocenters. The standard InChI is InChI=1S/C18H18N2O4/c1-4-14-16(18(21)22)19-20(12-6-8-13(23-3)9-7-12)17(14)15-10-5-11(2)24-15/h5-10H,4H2,1-3H3,(H,21,22). The van der Waals surface area contributed by atoms with Crippen LogP contribution in [0.3, 0.4) is 0 Å². The molecular weight excluding hydrogens is 308 g/mol. The Bertz CT molecular complexity index is 875. The third kappa shape index (κ3) is 2.67. The molecule has 0 atom stereocenters. The van der Waals surface area contributed by atoms with Crippen molar-refractivity contribution < 1.29 is 19.1 Å². The lowest BCUT2D eigenvalue weighted by Gasteiger charge is -2.08. The Hall–Kier alpha value is -3.02. The van der Waals surface area contributed by atoms with Crippen molar-refractivity contribution in [3.8, 4) is 22.9 Å². The first kappa shape index (κ1) is 15.9. The summed E-state index contributed by atoms with van der Waals surface area (Å²) in [6.07, 6.45) is 0.535. The van der Waals surface area contributed by atoms with Gasteiger partial charge in [-0.15, -0.1) is 0 Å². The molecule has 0 amide bonds. The van der Waals surface area contributed by atoms with Crippen LogP contribution in [0.4, 0.5) is 0 Å². The molecule has 124 valence electrons. The summed E-state index contributed by atoms with van der Waals surface area (Å²) >= 11 is 0. The summed E-state index contributed by atoms with van der Waals surface area (Å²) in [6, 6.07) is 10.9. The van der Waals surface area contributed by atoms with Gasteiger partial charge in [0.05, 0.1) is 12.8 Å². The molecule has 0 aliphatic carbocycles. The molecule has 24 heavy (non-hydrogen) atoms. The minimum absolute atomic E-state index is 0.0392. The molecule has 0 fully saturated rings. The number of furan rings is 1. The van der Waals surface area contributed by atoms with E-state index in [2.05, 4.69) is 5.10 Å². The predicted molar refractivity (Wildman–Crippen MR) is 88.9 cm³/mol. The number of ether oxygens (including phenoxy) is 1. The van der Waals surface area contributed by atoms with Crippen molar-refractivity contribution in [3.63, 3.8) is 0 Å². The number of methoxy groups -OCH3 is 1. The minimum Gasteiger partial charge on any atom is -0.497 e. The molecular formula is C18H18N2O4. The Morgan fingerprint density at radius 1 is 1.25 bits per heavy atom. The monoisotopic (exact) mass is 326 g/mol. The Morgan fingerprint density at radius 3 is 2.46 bits per heavy atom. The van der Waals surface area contributed by atoms with Crippen LogP contribution in [0, 0.1) is 6.92 Å². The highest BCUT2D eigenvalue weighted by Gasteiger charge is 2.25. The van der Waals surface area contributed by atoms with E-state index in [1.54, 1.807) is 23.9 Å². The van der Waals surface area contributed by atoms with Crippen LogP contribution in [0.25, 0.3) is 17.1 Å². The van der Waals surface area contributed by atoms with Crippen LogP contribution >= 0.6 is 0 Å². The maximum Gasteiger partial charge on any atom is 0.356 e. The highest BCUT2D eigenvalue weighted by atomic mass is 16.5. The number of aromatic nitrogens is 2. The van der Waals surface area contributed by atoms with Crippen LogP contribution in [0.2, 0.25) is 0 Å². The van der Waals surface area contributed by atoms with E-state index in [4.69, 9.17) is 9.15 Å². The quantitative estimate of drug-likeness (QED) is 0.773. The molecule has 0 radical (unpaired) electrons. The van der Waals surface area contributed by atoms with Gasteiger partial charge < -0.3 is 14.3 Å². The van der Waals surface area contributed by atoms with Crippen LogP contribution in [0.5, 0.6) is 5.75 Å². The molecule has 3 aromatic rings. The Balaban J connectivity index is 2.25. The molecule has 6 heteroatoms. The maximum atomic E-state index is 11.6. The fourth-order valence-corrected chi connectivity index (χ4v) is 2.68. The lowest BCUT2D eigenvalue weighted by Crippen LogP contribution is -2.02. The first-order valence-electron chi connectivity index (χ1n) is 7.61. The normalized spacial score (nSPS) is 10.8. The Labute approximate surface area is 139 Å². The summed E-state index contributed by atoms with van der Waals surface area (Å²) in [6.45, 7) is 3.75. The van der Waals surface area contributed by atoms with E-state index in [1.165, 1.54) is 0 Å². The molecule has 0 spiro atoms. The van der Waals surface area contributed by atoms with Gasteiger partial charge in [-0.25, -0.2) is 9.48 Å². The lowest BCUT2D eigenvalue weighted by molar-refractivity contribution is 0.0689. The molecule has 0 saturated heterocycles. The van der Waals surface area contributed by atoms with Gasteiger partial charge in [0.2, 0.25) is 0 Å². The van der Waals surface area contributed by atoms with E-state index in [-0.39, 0.29) is 5.69 Å². The van der Waals surface area contributed by atoms with Gasteiger partial charge >= 0.3 is 5.97 Å². The fraction of sp³-hybridized carbons (Fsp3) is 0.222. The number of aromatic carboxylic acids is 1. The number of hydrogen-bond donors (Lipinski definition) is 1. The number of carbonyl (C=O) groups is 1. The zero-order valence-corrected chi connectivity index (χ0v) is 13.7. The van der Waals surface area contributed by atoms with Crippen molar-refractivity contribution in [2.45, 2.75) is 20.3 Å². The minimum atomic E-state index is -1.05.